The number of ether oxygens (including phenoxy) is 2. The third kappa shape index (κ3) is 5.04. The predicted molar refractivity (Wildman–Crippen MR) is 148 cm³/mol. The van der Waals surface area contributed by atoms with E-state index in [9.17, 15) is 5.11 Å². The zero-order valence-electron chi connectivity index (χ0n) is 23.3. The Morgan fingerprint density at radius 3 is 2.77 bits per heavy atom. The van der Waals surface area contributed by atoms with Crippen LogP contribution in [0.3, 0.4) is 0 Å². The van der Waals surface area contributed by atoms with Crippen LogP contribution in [0.15, 0.2) is 12.1 Å². The number of hydrogen-bond donors (Lipinski definition) is 2. The number of fused-ring (bicyclic) bond motifs is 4. The minimum absolute atomic E-state index is 0.0500. The maximum atomic E-state index is 15.5. The molecule has 0 saturated carbocycles. The van der Waals surface area contributed by atoms with Gasteiger partial charge in [0.15, 0.2) is 0 Å². The highest BCUT2D eigenvalue weighted by molar-refractivity contribution is 5.93. The molecule has 1 aliphatic heterocycles. The van der Waals surface area contributed by atoms with E-state index in [1.54, 1.807) is 10.7 Å². The molecule has 1 aromatic carbocycles. The van der Waals surface area contributed by atoms with Gasteiger partial charge in [0.05, 0.1) is 53.5 Å². The number of aromatic nitrogens is 6. The van der Waals surface area contributed by atoms with E-state index >= 15 is 4.39 Å². The average Bonchev–Trinajstić information content (AvgIpc) is 3.50. The number of rotatable bonds is 5. The van der Waals surface area contributed by atoms with Crippen molar-refractivity contribution in [3.63, 3.8) is 0 Å². The number of benzene rings is 1. The van der Waals surface area contributed by atoms with Crippen molar-refractivity contribution >= 4 is 23.1 Å². The summed E-state index contributed by atoms with van der Waals surface area (Å²) in [6.07, 6.45) is 3.60. The van der Waals surface area contributed by atoms with Crippen LogP contribution in [-0.2, 0) is 20.1 Å². The first-order valence-electron chi connectivity index (χ1n) is 13.3. The van der Waals surface area contributed by atoms with E-state index in [4.69, 9.17) is 9.47 Å². The second-order valence-electron chi connectivity index (χ2n) is 10.2. The summed E-state index contributed by atoms with van der Waals surface area (Å²) in [7, 11) is 1.81. The Hall–Kier alpha value is -3.70. The second-order valence-corrected chi connectivity index (χ2v) is 10.2. The number of aromatic amines is 1. The van der Waals surface area contributed by atoms with Gasteiger partial charge in [0.25, 0.3) is 0 Å². The van der Waals surface area contributed by atoms with Crippen LogP contribution in [0, 0.1) is 12.7 Å². The molecular formula is C28H36FN7O3. The lowest BCUT2D eigenvalue weighted by Crippen LogP contribution is -2.39. The smallest absolute Gasteiger partial charge is 0.240 e. The molecule has 3 aromatic heterocycles. The van der Waals surface area contributed by atoms with Crippen molar-refractivity contribution in [3.05, 3.63) is 40.6 Å². The molecule has 0 aliphatic carbocycles. The number of H-pyrrole nitrogens is 1. The fourth-order valence-electron chi connectivity index (χ4n) is 5.17. The van der Waals surface area contributed by atoms with Crippen molar-refractivity contribution < 1.29 is 19.0 Å². The summed E-state index contributed by atoms with van der Waals surface area (Å²) in [5, 5.41) is 27.2. The van der Waals surface area contributed by atoms with Gasteiger partial charge in [0, 0.05) is 43.2 Å². The molecule has 208 valence electrons. The number of nitrogens with zero attached hydrogens (tertiary/aromatic N) is 6. The lowest BCUT2D eigenvalue weighted by molar-refractivity contribution is 0.109. The molecule has 0 saturated heterocycles. The highest BCUT2D eigenvalue weighted by atomic mass is 19.1. The number of nitrogens with one attached hydrogen (secondary N) is 1. The van der Waals surface area contributed by atoms with E-state index in [1.165, 1.54) is 6.07 Å². The maximum absolute atomic E-state index is 15.5. The Bertz CT molecular complexity index is 1520. The topological polar surface area (TPSA) is 106 Å². The zero-order valence-corrected chi connectivity index (χ0v) is 23.3. The quantitative estimate of drug-likeness (QED) is 0.394. The largest absolute Gasteiger partial charge is 0.476 e. The minimum Gasteiger partial charge on any atom is -0.476 e. The lowest BCUT2D eigenvalue weighted by Gasteiger charge is -2.30. The van der Waals surface area contributed by atoms with E-state index < -0.39 is 0 Å². The Morgan fingerprint density at radius 1 is 1.26 bits per heavy atom. The maximum Gasteiger partial charge on any atom is 0.240 e. The number of aliphatic hydroxyl groups is 1. The molecule has 2 bridgehead atoms. The van der Waals surface area contributed by atoms with Gasteiger partial charge in [-0.2, -0.15) is 10.2 Å². The van der Waals surface area contributed by atoms with Crippen molar-refractivity contribution in [1.82, 2.24) is 34.7 Å². The Balaban J connectivity index is 1.75. The Morgan fingerprint density at radius 2 is 2.05 bits per heavy atom. The lowest BCUT2D eigenvalue weighted by atomic mass is 10.0. The highest BCUT2D eigenvalue weighted by Crippen LogP contribution is 2.38. The standard InChI is InChI=1S/C28H36FN7O3/c1-7-38-27-19-8-9-23-21-12-20(22(29)13-24(21)31-30-23)26-18(5)32-34(6)28(26)39-17(4)14-35(16(2)3)15-25(19)36(33-27)10-11-37/h8-9,12-13,16-17,37H,7,10-11,14-15H2,1-6H3,(H,30,31)/b9-8+. The Kier molecular flexibility index (Phi) is 7.46. The summed E-state index contributed by atoms with van der Waals surface area (Å²) in [5.41, 5.74) is 4.71. The van der Waals surface area contributed by atoms with Gasteiger partial charge in [-0.3, -0.25) is 14.7 Å². The summed E-state index contributed by atoms with van der Waals surface area (Å²) in [4.78, 5) is 2.29. The third-order valence-electron chi connectivity index (χ3n) is 7.07. The molecule has 5 rings (SSSR count). The van der Waals surface area contributed by atoms with E-state index in [2.05, 4.69) is 39.1 Å². The molecule has 0 fully saturated rings. The average molecular weight is 538 g/mol. The molecule has 0 spiro atoms. The van der Waals surface area contributed by atoms with E-state index in [0.29, 0.717) is 66.0 Å². The number of halogens is 1. The molecule has 1 unspecified atom stereocenters. The molecule has 2 N–H and O–H groups in total. The molecule has 4 aromatic rings. The third-order valence-corrected chi connectivity index (χ3v) is 7.07. The molecule has 10 nitrogen and oxygen atoms in total. The molecule has 1 atom stereocenters. The minimum atomic E-state index is -0.380. The van der Waals surface area contributed by atoms with E-state index in [0.717, 1.165) is 16.6 Å². The Labute approximate surface area is 227 Å². The normalized spacial score (nSPS) is 17.1. The monoisotopic (exact) mass is 537 g/mol. The van der Waals surface area contributed by atoms with Gasteiger partial charge in [-0.25, -0.2) is 9.07 Å². The molecule has 39 heavy (non-hydrogen) atoms. The van der Waals surface area contributed by atoms with Crippen LogP contribution in [0.1, 0.15) is 50.3 Å². The molecule has 1 aliphatic rings. The molecule has 0 amide bonds. The first-order chi connectivity index (χ1) is 18.7. The van der Waals surface area contributed by atoms with Gasteiger partial charge in [-0.1, -0.05) is 0 Å². The van der Waals surface area contributed by atoms with Crippen LogP contribution >= 0.6 is 0 Å². The molecule has 0 radical (unpaired) electrons. The van der Waals surface area contributed by atoms with Gasteiger partial charge < -0.3 is 14.6 Å². The summed E-state index contributed by atoms with van der Waals surface area (Å²) in [6.45, 7) is 11.9. The van der Waals surface area contributed by atoms with Crippen LogP contribution in [0.25, 0.3) is 34.2 Å². The first kappa shape index (κ1) is 26.9. The zero-order chi connectivity index (χ0) is 27.8. The first-order valence-corrected chi connectivity index (χ1v) is 13.3. The number of aliphatic hydroxyl groups excluding tert-OH is 1. The van der Waals surface area contributed by atoms with Crippen LogP contribution in [0.5, 0.6) is 11.8 Å². The second kappa shape index (κ2) is 10.8. The summed E-state index contributed by atoms with van der Waals surface area (Å²) in [5.74, 6) is 0.631. The van der Waals surface area contributed by atoms with Crippen molar-refractivity contribution in [2.45, 2.75) is 59.9 Å². The van der Waals surface area contributed by atoms with Crippen molar-refractivity contribution in [2.75, 3.05) is 19.8 Å². The van der Waals surface area contributed by atoms with Crippen LogP contribution < -0.4 is 9.47 Å². The molecule has 4 heterocycles. The van der Waals surface area contributed by atoms with Gasteiger partial charge in [-0.15, -0.1) is 5.10 Å². The fraction of sp³-hybridized carbons (Fsp3) is 0.464. The van der Waals surface area contributed by atoms with Crippen molar-refractivity contribution in [1.29, 1.82) is 0 Å². The summed E-state index contributed by atoms with van der Waals surface area (Å²) < 4.78 is 31.4. The number of hydrogen-bond acceptors (Lipinski definition) is 7. The van der Waals surface area contributed by atoms with Gasteiger partial charge >= 0.3 is 0 Å². The van der Waals surface area contributed by atoms with Crippen LogP contribution in [0.2, 0.25) is 0 Å². The van der Waals surface area contributed by atoms with Crippen LogP contribution in [0.4, 0.5) is 4.39 Å². The molecular weight excluding hydrogens is 501 g/mol. The van der Waals surface area contributed by atoms with E-state index in [-0.39, 0.29) is 24.6 Å². The summed E-state index contributed by atoms with van der Waals surface area (Å²) >= 11 is 0. The van der Waals surface area contributed by atoms with Crippen LogP contribution in [-0.4, -0.2) is 71.7 Å². The molecule has 11 heteroatoms. The fourth-order valence-corrected chi connectivity index (χ4v) is 5.17. The summed E-state index contributed by atoms with van der Waals surface area (Å²) in [6, 6.07) is 3.45. The SMILES string of the molecule is CCOc1nn(CCO)c2c1/C=C/c1n[nH]c3cc(F)c(cc13)-c1c(C)nn(C)c1OC(C)CN(C(C)C)C2. The van der Waals surface area contributed by atoms with Crippen molar-refractivity contribution in [3.8, 4) is 22.9 Å². The van der Waals surface area contributed by atoms with Gasteiger partial charge in [-0.05, 0) is 52.8 Å². The van der Waals surface area contributed by atoms with Gasteiger partial charge in [0.2, 0.25) is 11.8 Å². The van der Waals surface area contributed by atoms with Gasteiger partial charge in [0.1, 0.15) is 11.9 Å². The predicted octanol–water partition coefficient (Wildman–Crippen LogP) is 4.16. The number of aryl methyl sites for hydroxylation is 2. The van der Waals surface area contributed by atoms with Crippen molar-refractivity contribution in [2.24, 2.45) is 7.05 Å². The highest BCUT2D eigenvalue weighted by Gasteiger charge is 2.26. The van der Waals surface area contributed by atoms with E-state index in [1.807, 2.05) is 44.7 Å².